The predicted octanol–water partition coefficient (Wildman–Crippen LogP) is 5.10. The number of carbonyl (C=O) groups is 2. The highest BCUT2D eigenvalue weighted by Crippen LogP contribution is 2.36. The van der Waals surface area contributed by atoms with Gasteiger partial charge in [-0.25, -0.2) is 14.8 Å². The summed E-state index contributed by atoms with van der Waals surface area (Å²) >= 11 is 0. The predicted molar refractivity (Wildman–Crippen MR) is 122 cm³/mol. The molecule has 1 amide bonds. The van der Waals surface area contributed by atoms with Gasteiger partial charge in [-0.05, 0) is 42.5 Å². The molecule has 0 saturated heterocycles. The van der Waals surface area contributed by atoms with Gasteiger partial charge in [0.1, 0.15) is 12.1 Å². The second kappa shape index (κ2) is 9.67. The number of benzene rings is 3. The van der Waals surface area contributed by atoms with Crippen molar-refractivity contribution in [1.29, 1.82) is 0 Å². The molecule has 0 aliphatic carbocycles. The van der Waals surface area contributed by atoms with Crippen molar-refractivity contribution in [1.82, 2.24) is 9.97 Å². The van der Waals surface area contributed by atoms with Crippen LogP contribution in [0.3, 0.4) is 0 Å². The van der Waals surface area contributed by atoms with E-state index < -0.39 is 17.9 Å². The lowest BCUT2D eigenvalue weighted by Gasteiger charge is -2.14. The standard InChI is InChI=1S/C24H17F3N4O4/c1-34-19-11-17-18(12-20(19)35-23(33)24(25,26)27)28-13-29-21(17)30-15-7-9-16(10-8-15)31-22(32)14-5-3-2-4-6-14/h2-13H,1H3,(H,31,32)(H,28,29,30). The van der Waals surface area contributed by atoms with E-state index >= 15 is 0 Å². The van der Waals surface area contributed by atoms with Crippen molar-refractivity contribution in [2.45, 2.75) is 6.18 Å². The topological polar surface area (TPSA) is 102 Å². The highest BCUT2D eigenvalue weighted by Gasteiger charge is 2.42. The maximum atomic E-state index is 12.6. The summed E-state index contributed by atoms with van der Waals surface area (Å²) in [6, 6.07) is 18.1. The molecule has 1 heterocycles. The number of carbonyl (C=O) groups excluding carboxylic acids is 2. The summed E-state index contributed by atoms with van der Waals surface area (Å²) in [6.07, 6.45) is -3.95. The van der Waals surface area contributed by atoms with Gasteiger partial charge in [-0.15, -0.1) is 0 Å². The van der Waals surface area contributed by atoms with Crippen molar-refractivity contribution < 1.29 is 32.2 Å². The number of rotatable bonds is 6. The average molecular weight is 482 g/mol. The van der Waals surface area contributed by atoms with E-state index in [1.165, 1.54) is 19.5 Å². The van der Waals surface area contributed by atoms with Crippen LogP contribution in [0.4, 0.5) is 30.4 Å². The third-order valence-electron chi connectivity index (χ3n) is 4.80. The zero-order valence-electron chi connectivity index (χ0n) is 18.1. The number of ether oxygens (including phenoxy) is 2. The molecule has 0 atom stereocenters. The number of amides is 1. The summed E-state index contributed by atoms with van der Waals surface area (Å²) in [5, 5.41) is 6.30. The largest absolute Gasteiger partial charge is 0.493 e. The number of nitrogens with zero attached hydrogens (tertiary/aromatic N) is 2. The maximum Gasteiger partial charge on any atom is 0.491 e. The summed E-state index contributed by atoms with van der Waals surface area (Å²) < 4.78 is 47.3. The fourth-order valence-electron chi connectivity index (χ4n) is 3.13. The van der Waals surface area contributed by atoms with E-state index in [1.54, 1.807) is 48.5 Å². The molecule has 11 heteroatoms. The second-order valence-corrected chi connectivity index (χ2v) is 7.15. The number of nitrogens with one attached hydrogen (secondary N) is 2. The van der Waals surface area contributed by atoms with Crippen LogP contribution < -0.4 is 20.1 Å². The number of anilines is 3. The van der Waals surface area contributed by atoms with Gasteiger partial charge in [0.25, 0.3) is 5.91 Å². The van der Waals surface area contributed by atoms with Crippen molar-refractivity contribution in [2.75, 3.05) is 17.7 Å². The Morgan fingerprint density at radius 2 is 1.57 bits per heavy atom. The number of halogens is 3. The SMILES string of the molecule is COc1cc2c(Nc3ccc(NC(=O)c4ccccc4)cc3)ncnc2cc1OC(=O)C(F)(F)F. The van der Waals surface area contributed by atoms with Crippen molar-refractivity contribution in [3.05, 3.63) is 78.6 Å². The summed E-state index contributed by atoms with van der Waals surface area (Å²) in [6.45, 7) is 0. The number of hydrogen-bond donors (Lipinski definition) is 2. The lowest BCUT2D eigenvalue weighted by molar-refractivity contribution is -0.189. The van der Waals surface area contributed by atoms with Crippen LogP contribution in [0.25, 0.3) is 10.9 Å². The average Bonchev–Trinajstić information content (AvgIpc) is 2.85. The lowest BCUT2D eigenvalue weighted by atomic mass is 10.2. The summed E-state index contributed by atoms with van der Waals surface area (Å²) in [5.74, 6) is -2.82. The lowest BCUT2D eigenvalue weighted by Crippen LogP contribution is -2.28. The van der Waals surface area contributed by atoms with Crippen LogP contribution in [-0.2, 0) is 4.79 Å². The minimum Gasteiger partial charge on any atom is -0.493 e. The first-order valence-electron chi connectivity index (χ1n) is 10.1. The summed E-state index contributed by atoms with van der Waals surface area (Å²) in [7, 11) is 1.23. The molecule has 0 aliphatic rings. The fraction of sp³-hybridized carbons (Fsp3) is 0.0833. The van der Waals surface area contributed by atoms with Crippen LogP contribution in [0.5, 0.6) is 11.5 Å². The van der Waals surface area contributed by atoms with Crippen LogP contribution in [0.15, 0.2) is 73.1 Å². The molecule has 0 bridgehead atoms. The van der Waals surface area contributed by atoms with Crippen LogP contribution in [-0.4, -0.2) is 35.1 Å². The number of fused-ring (bicyclic) bond motifs is 1. The van der Waals surface area contributed by atoms with Gasteiger partial charge in [0.2, 0.25) is 0 Å². The number of alkyl halides is 3. The molecule has 0 unspecified atom stereocenters. The molecule has 1 aromatic heterocycles. The third kappa shape index (κ3) is 5.46. The quantitative estimate of drug-likeness (QED) is 0.291. The second-order valence-electron chi connectivity index (χ2n) is 7.15. The Bertz CT molecular complexity index is 1380. The van der Waals surface area contributed by atoms with Gasteiger partial charge in [0.05, 0.1) is 12.6 Å². The van der Waals surface area contributed by atoms with Gasteiger partial charge in [0, 0.05) is 28.4 Å². The van der Waals surface area contributed by atoms with Gasteiger partial charge in [0.15, 0.2) is 11.5 Å². The molecule has 0 saturated carbocycles. The Labute approximate surface area is 196 Å². The Balaban J connectivity index is 1.55. The monoisotopic (exact) mass is 482 g/mol. The van der Waals surface area contributed by atoms with Gasteiger partial charge < -0.3 is 20.1 Å². The van der Waals surface area contributed by atoms with Crippen molar-refractivity contribution in [3.63, 3.8) is 0 Å². The van der Waals surface area contributed by atoms with E-state index in [9.17, 15) is 22.8 Å². The molecule has 8 nitrogen and oxygen atoms in total. The van der Waals surface area contributed by atoms with E-state index in [-0.39, 0.29) is 17.2 Å². The molecular weight excluding hydrogens is 465 g/mol. The van der Waals surface area contributed by atoms with Crippen molar-refractivity contribution >= 4 is 40.0 Å². The molecule has 0 radical (unpaired) electrons. The molecule has 0 aliphatic heterocycles. The van der Waals surface area contributed by atoms with Crippen LogP contribution >= 0.6 is 0 Å². The molecule has 0 fully saturated rings. The smallest absolute Gasteiger partial charge is 0.491 e. The first-order valence-corrected chi connectivity index (χ1v) is 10.1. The molecule has 2 N–H and O–H groups in total. The number of hydrogen-bond acceptors (Lipinski definition) is 7. The molecule has 4 rings (SSSR count). The molecule has 3 aromatic carbocycles. The zero-order chi connectivity index (χ0) is 25.0. The Morgan fingerprint density at radius 3 is 2.23 bits per heavy atom. The Morgan fingerprint density at radius 1 is 0.886 bits per heavy atom. The highest BCUT2D eigenvalue weighted by atomic mass is 19.4. The minimum atomic E-state index is -5.16. The van der Waals surface area contributed by atoms with E-state index in [0.29, 0.717) is 28.1 Å². The Kier molecular flexibility index (Phi) is 6.49. The van der Waals surface area contributed by atoms with Gasteiger partial charge in [-0.3, -0.25) is 4.79 Å². The van der Waals surface area contributed by atoms with Crippen LogP contribution in [0.2, 0.25) is 0 Å². The molecular formula is C24H17F3N4O4. The van der Waals surface area contributed by atoms with Gasteiger partial charge >= 0.3 is 12.1 Å². The van der Waals surface area contributed by atoms with E-state index in [0.717, 1.165) is 6.07 Å². The van der Waals surface area contributed by atoms with Gasteiger partial charge in [-0.2, -0.15) is 13.2 Å². The highest BCUT2D eigenvalue weighted by molar-refractivity contribution is 6.04. The zero-order valence-corrected chi connectivity index (χ0v) is 18.1. The van der Waals surface area contributed by atoms with Crippen molar-refractivity contribution in [2.24, 2.45) is 0 Å². The third-order valence-corrected chi connectivity index (χ3v) is 4.80. The fourth-order valence-corrected chi connectivity index (χ4v) is 3.13. The first-order chi connectivity index (χ1) is 16.7. The normalized spacial score (nSPS) is 11.1. The number of methoxy groups -OCH3 is 1. The first kappa shape index (κ1) is 23.5. The number of aromatic nitrogens is 2. The van der Waals surface area contributed by atoms with Crippen LogP contribution in [0.1, 0.15) is 10.4 Å². The number of esters is 1. The van der Waals surface area contributed by atoms with Gasteiger partial charge in [-0.1, -0.05) is 18.2 Å². The summed E-state index contributed by atoms with van der Waals surface area (Å²) in [5.41, 5.74) is 1.94. The molecule has 0 spiro atoms. The van der Waals surface area contributed by atoms with E-state index in [1.807, 2.05) is 6.07 Å². The maximum absolute atomic E-state index is 12.6. The molecule has 4 aromatic rings. The minimum absolute atomic E-state index is 0.105. The van der Waals surface area contributed by atoms with E-state index in [4.69, 9.17) is 4.74 Å². The van der Waals surface area contributed by atoms with Crippen LogP contribution in [0, 0.1) is 0 Å². The van der Waals surface area contributed by atoms with E-state index in [2.05, 4.69) is 25.3 Å². The Hall–Kier alpha value is -4.67. The van der Waals surface area contributed by atoms with Crippen molar-refractivity contribution in [3.8, 4) is 11.5 Å². The summed E-state index contributed by atoms with van der Waals surface area (Å²) in [4.78, 5) is 31.8. The molecule has 35 heavy (non-hydrogen) atoms. The molecule has 178 valence electrons.